The standard InChI is InChI=1S/C7H10N6O/c1-5-10-12(6(2)13(5)9)4-7(3-8)11-14/h4,9H2,1-2H3/p+1. The van der Waals surface area contributed by atoms with Gasteiger partial charge in [-0.05, 0) is 0 Å². The largest absolute Gasteiger partial charge is 0.410 e. The molecule has 0 aromatic carbocycles. The highest BCUT2D eigenvalue weighted by Crippen LogP contribution is 1.92. The number of aryl methyl sites for hydroxylation is 1. The fourth-order valence-corrected chi connectivity index (χ4v) is 1.03. The average molecular weight is 195 g/mol. The molecular formula is C7H11N6O+. The molecule has 1 rings (SSSR count). The van der Waals surface area contributed by atoms with Crippen LogP contribution < -0.4 is 10.5 Å². The van der Waals surface area contributed by atoms with Crippen molar-refractivity contribution in [1.82, 2.24) is 9.78 Å². The van der Waals surface area contributed by atoms with E-state index in [0.29, 0.717) is 11.6 Å². The van der Waals surface area contributed by atoms with E-state index in [1.807, 2.05) is 0 Å². The Labute approximate surface area is 80.6 Å². The quantitative estimate of drug-likeness (QED) is 0.204. The van der Waals surface area contributed by atoms with E-state index in [9.17, 15) is 0 Å². The molecule has 74 valence electrons. The lowest BCUT2D eigenvalue weighted by molar-refractivity contribution is -0.652. The van der Waals surface area contributed by atoms with E-state index in [1.54, 1.807) is 19.9 Å². The van der Waals surface area contributed by atoms with E-state index in [0.717, 1.165) is 0 Å². The zero-order valence-corrected chi connectivity index (χ0v) is 7.97. The van der Waals surface area contributed by atoms with Crippen molar-refractivity contribution in [3.63, 3.8) is 0 Å². The maximum absolute atomic E-state index is 8.53. The maximum Gasteiger partial charge on any atom is 0.295 e. The molecule has 0 fully saturated rings. The molecule has 0 spiro atoms. The molecule has 0 aliphatic heterocycles. The molecule has 0 atom stereocenters. The van der Waals surface area contributed by atoms with Gasteiger partial charge in [-0.15, -0.1) is 9.36 Å². The minimum Gasteiger partial charge on any atom is -0.410 e. The van der Waals surface area contributed by atoms with Crippen molar-refractivity contribution in [2.75, 3.05) is 5.84 Å². The second-order valence-corrected chi connectivity index (χ2v) is 2.78. The summed E-state index contributed by atoms with van der Waals surface area (Å²) in [5, 5.41) is 23.9. The fraction of sp³-hybridized carbons (Fsp3) is 0.429. The molecule has 1 aromatic rings. The summed E-state index contributed by atoms with van der Waals surface area (Å²) in [7, 11) is 0. The summed E-state index contributed by atoms with van der Waals surface area (Å²) in [6.07, 6.45) is 0. The molecular weight excluding hydrogens is 184 g/mol. The van der Waals surface area contributed by atoms with Gasteiger partial charge in [0.1, 0.15) is 6.07 Å². The number of hydrogen-bond donors (Lipinski definition) is 2. The molecule has 1 heterocycles. The number of oxime groups is 1. The van der Waals surface area contributed by atoms with Crippen molar-refractivity contribution >= 4 is 5.71 Å². The lowest BCUT2D eigenvalue weighted by atomic mass is 10.4. The number of rotatable bonds is 2. The Morgan fingerprint density at radius 1 is 1.79 bits per heavy atom. The summed E-state index contributed by atoms with van der Waals surface area (Å²) in [6, 6.07) is 1.75. The maximum atomic E-state index is 8.53. The van der Waals surface area contributed by atoms with E-state index >= 15 is 0 Å². The summed E-state index contributed by atoms with van der Waals surface area (Å²) in [4.78, 5) is 0. The van der Waals surface area contributed by atoms with Crippen molar-refractivity contribution in [1.29, 1.82) is 5.26 Å². The summed E-state index contributed by atoms with van der Waals surface area (Å²) in [5.41, 5.74) is -0.0174. The zero-order chi connectivity index (χ0) is 10.7. The first-order chi connectivity index (χ1) is 6.60. The van der Waals surface area contributed by atoms with Gasteiger partial charge in [-0.1, -0.05) is 5.16 Å². The number of nitrogen functional groups attached to an aromatic ring is 1. The Balaban J connectivity index is 3.00. The molecule has 3 N–H and O–H groups in total. The van der Waals surface area contributed by atoms with Gasteiger partial charge in [-0.3, -0.25) is 5.84 Å². The lowest BCUT2D eigenvalue weighted by Crippen LogP contribution is -2.48. The van der Waals surface area contributed by atoms with Crippen LogP contribution in [0.15, 0.2) is 5.16 Å². The minimum atomic E-state index is -0.0174. The molecule has 0 bridgehead atoms. The van der Waals surface area contributed by atoms with Gasteiger partial charge in [0.15, 0.2) is 12.3 Å². The summed E-state index contributed by atoms with van der Waals surface area (Å²) < 4.78 is 2.89. The molecule has 0 saturated heterocycles. The van der Waals surface area contributed by atoms with Crippen molar-refractivity contribution in [2.24, 2.45) is 5.16 Å². The third-order valence-electron chi connectivity index (χ3n) is 1.89. The van der Waals surface area contributed by atoms with Gasteiger partial charge >= 0.3 is 0 Å². The number of nitrogens with zero attached hydrogens (tertiary/aromatic N) is 5. The minimum absolute atomic E-state index is 0.0174. The van der Waals surface area contributed by atoms with E-state index in [1.165, 1.54) is 9.36 Å². The van der Waals surface area contributed by atoms with Crippen molar-refractivity contribution in [3.8, 4) is 6.07 Å². The topological polar surface area (TPSA) is 104 Å². The highest BCUT2D eigenvalue weighted by Gasteiger charge is 2.18. The Hall–Kier alpha value is -2.10. The number of aromatic nitrogens is 3. The van der Waals surface area contributed by atoms with Crippen LogP contribution in [0.3, 0.4) is 0 Å². The monoisotopic (exact) mass is 195 g/mol. The van der Waals surface area contributed by atoms with Gasteiger partial charge in [0.05, 0.1) is 0 Å². The SMILES string of the molecule is Cc1nn(CC(C#N)=NO)c(C)[n+]1N. The van der Waals surface area contributed by atoms with Crippen LogP contribution in [0, 0.1) is 25.2 Å². The van der Waals surface area contributed by atoms with Crippen LogP contribution in [-0.2, 0) is 6.54 Å². The van der Waals surface area contributed by atoms with Crippen LogP contribution in [0.4, 0.5) is 0 Å². The average Bonchev–Trinajstić information content (AvgIpc) is 2.42. The number of hydrogen-bond acceptors (Lipinski definition) is 5. The number of nitriles is 1. The van der Waals surface area contributed by atoms with Crippen molar-refractivity contribution in [3.05, 3.63) is 11.6 Å². The van der Waals surface area contributed by atoms with Gasteiger partial charge in [0.2, 0.25) is 0 Å². The third-order valence-corrected chi connectivity index (χ3v) is 1.89. The zero-order valence-electron chi connectivity index (χ0n) is 7.97. The summed E-state index contributed by atoms with van der Waals surface area (Å²) in [6.45, 7) is 3.61. The first kappa shape index (κ1) is 9.98. The molecule has 0 aliphatic rings. The molecule has 0 unspecified atom stereocenters. The molecule has 0 amide bonds. The van der Waals surface area contributed by atoms with E-state index in [4.69, 9.17) is 16.3 Å². The number of nitrogens with two attached hydrogens (primary N) is 1. The van der Waals surface area contributed by atoms with Crippen molar-refractivity contribution < 1.29 is 9.88 Å². The molecule has 7 nitrogen and oxygen atoms in total. The predicted molar refractivity (Wildman–Crippen MR) is 46.9 cm³/mol. The lowest BCUT2D eigenvalue weighted by Gasteiger charge is -1.91. The Morgan fingerprint density at radius 2 is 2.43 bits per heavy atom. The highest BCUT2D eigenvalue weighted by molar-refractivity contribution is 5.97. The Morgan fingerprint density at radius 3 is 2.79 bits per heavy atom. The molecule has 14 heavy (non-hydrogen) atoms. The van der Waals surface area contributed by atoms with Crippen molar-refractivity contribution in [2.45, 2.75) is 20.4 Å². The fourth-order valence-electron chi connectivity index (χ4n) is 1.03. The molecule has 0 saturated carbocycles. The molecule has 0 radical (unpaired) electrons. The van der Waals surface area contributed by atoms with E-state index in [-0.39, 0.29) is 12.3 Å². The second kappa shape index (κ2) is 3.74. The van der Waals surface area contributed by atoms with Crippen LogP contribution in [0.5, 0.6) is 0 Å². The van der Waals surface area contributed by atoms with Crippen LogP contribution in [0.2, 0.25) is 0 Å². The Bertz CT molecular complexity index is 413. The smallest absolute Gasteiger partial charge is 0.295 e. The highest BCUT2D eigenvalue weighted by atomic mass is 16.4. The van der Waals surface area contributed by atoms with E-state index < -0.39 is 0 Å². The molecule has 0 aliphatic carbocycles. The first-order valence-corrected chi connectivity index (χ1v) is 3.92. The van der Waals surface area contributed by atoms with Gasteiger partial charge in [0, 0.05) is 18.9 Å². The summed E-state index contributed by atoms with van der Waals surface area (Å²) in [5.74, 6) is 6.91. The van der Waals surface area contributed by atoms with Gasteiger partial charge in [-0.25, -0.2) is 0 Å². The summed E-state index contributed by atoms with van der Waals surface area (Å²) >= 11 is 0. The van der Waals surface area contributed by atoms with Crippen LogP contribution in [0.25, 0.3) is 0 Å². The van der Waals surface area contributed by atoms with Crippen LogP contribution in [0.1, 0.15) is 11.6 Å². The van der Waals surface area contributed by atoms with Gasteiger partial charge < -0.3 is 5.21 Å². The first-order valence-electron chi connectivity index (χ1n) is 3.92. The van der Waals surface area contributed by atoms with Gasteiger partial charge in [0.25, 0.3) is 11.6 Å². The van der Waals surface area contributed by atoms with Crippen LogP contribution >= 0.6 is 0 Å². The second-order valence-electron chi connectivity index (χ2n) is 2.78. The predicted octanol–water partition coefficient (Wildman–Crippen LogP) is -1.14. The van der Waals surface area contributed by atoms with E-state index in [2.05, 4.69) is 10.3 Å². The third kappa shape index (κ3) is 1.64. The van der Waals surface area contributed by atoms with Gasteiger partial charge in [-0.2, -0.15) is 5.26 Å². The Kier molecular flexibility index (Phi) is 2.67. The van der Waals surface area contributed by atoms with Crippen LogP contribution in [-0.4, -0.2) is 20.7 Å². The normalized spacial score (nSPS) is 11.4. The molecule has 1 aromatic heterocycles. The molecule has 7 heteroatoms.